The molecule has 4 nitrogen and oxygen atoms in total. The van der Waals surface area contributed by atoms with Crippen molar-refractivity contribution >= 4 is 17.9 Å². The summed E-state index contributed by atoms with van der Waals surface area (Å²) in [7, 11) is 0. The molecule has 1 aromatic heterocycles. The summed E-state index contributed by atoms with van der Waals surface area (Å²) in [5.74, 6) is -0.423. The number of aliphatic carboxylic acids is 1. The number of aromatic nitrogens is 1. The van der Waals surface area contributed by atoms with Crippen molar-refractivity contribution in [3.63, 3.8) is 0 Å². The Kier molecular flexibility index (Phi) is 3.23. The maximum Gasteiger partial charge on any atom is 0.307 e. The molecule has 74 valence electrons. The number of aryl methyl sites for hydroxylation is 1. The van der Waals surface area contributed by atoms with E-state index in [0.29, 0.717) is 11.5 Å². The van der Waals surface area contributed by atoms with Gasteiger partial charge >= 0.3 is 5.97 Å². The molecule has 1 rings (SSSR count). The maximum atomic E-state index is 10.2. The molecule has 1 heterocycles. The van der Waals surface area contributed by atoms with Gasteiger partial charge in [-0.05, 0) is 24.6 Å². The zero-order chi connectivity index (χ0) is 10.6. The van der Waals surface area contributed by atoms with Crippen molar-refractivity contribution in [2.45, 2.75) is 13.3 Å². The Bertz CT molecular complexity index is 372. The lowest BCUT2D eigenvalue weighted by Crippen LogP contribution is -1.94. The van der Waals surface area contributed by atoms with E-state index in [9.17, 15) is 4.79 Å². The molecule has 0 saturated carbocycles. The average molecular weight is 192 g/mol. The van der Waals surface area contributed by atoms with E-state index < -0.39 is 5.97 Å². The van der Waals surface area contributed by atoms with E-state index in [1.165, 1.54) is 0 Å². The Balaban J connectivity index is 2.80. The Morgan fingerprint density at radius 2 is 2.36 bits per heavy atom. The molecule has 0 spiro atoms. The number of carbonyl (C=O) groups is 1. The molecule has 0 aliphatic carbocycles. The molecule has 0 amide bonds. The number of nitrogens with zero attached hydrogens (tertiary/aromatic N) is 1. The molecule has 3 N–H and O–H groups in total. The van der Waals surface area contributed by atoms with Crippen LogP contribution in [-0.4, -0.2) is 16.1 Å². The summed E-state index contributed by atoms with van der Waals surface area (Å²) in [6.45, 7) is 1.90. The van der Waals surface area contributed by atoms with Crippen LogP contribution in [-0.2, 0) is 4.79 Å². The molecule has 0 aliphatic rings. The molecule has 0 radical (unpaired) electrons. The summed E-state index contributed by atoms with van der Waals surface area (Å²) in [5.41, 5.74) is 7.18. The van der Waals surface area contributed by atoms with Gasteiger partial charge in [-0.25, -0.2) is 4.98 Å². The second kappa shape index (κ2) is 4.41. The summed E-state index contributed by atoms with van der Waals surface area (Å²) in [6.07, 6.45) is 3.22. The number of anilines is 1. The van der Waals surface area contributed by atoms with E-state index in [4.69, 9.17) is 10.8 Å². The largest absolute Gasteiger partial charge is 0.481 e. The van der Waals surface area contributed by atoms with Gasteiger partial charge in [0, 0.05) is 0 Å². The van der Waals surface area contributed by atoms with Crippen LogP contribution < -0.4 is 5.73 Å². The summed E-state index contributed by atoms with van der Waals surface area (Å²) >= 11 is 0. The lowest BCUT2D eigenvalue weighted by Gasteiger charge is -1.99. The zero-order valence-corrected chi connectivity index (χ0v) is 7.90. The van der Waals surface area contributed by atoms with Crippen LogP contribution in [0, 0.1) is 6.92 Å². The molecule has 0 aromatic carbocycles. The molecule has 0 bridgehead atoms. The first-order chi connectivity index (χ1) is 6.59. The number of pyridine rings is 1. The van der Waals surface area contributed by atoms with Gasteiger partial charge in [-0.1, -0.05) is 12.1 Å². The number of nitrogens with two attached hydrogens (primary N) is 1. The van der Waals surface area contributed by atoms with Crippen LogP contribution >= 0.6 is 0 Å². The van der Waals surface area contributed by atoms with Crippen LogP contribution in [0.3, 0.4) is 0 Å². The Morgan fingerprint density at radius 3 is 3.00 bits per heavy atom. The third kappa shape index (κ3) is 2.90. The van der Waals surface area contributed by atoms with Crippen LogP contribution in [0.5, 0.6) is 0 Å². The van der Waals surface area contributed by atoms with E-state index in [-0.39, 0.29) is 6.42 Å². The van der Waals surface area contributed by atoms with Crippen LogP contribution in [0.25, 0.3) is 6.08 Å². The Morgan fingerprint density at radius 1 is 1.64 bits per heavy atom. The molecule has 0 aliphatic heterocycles. The SMILES string of the molecule is Cc1ccc(N)nc1C=CCC(=O)O. The van der Waals surface area contributed by atoms with Crippen LogP contribution in [0.4, 0.5) is 5.82 Å². The molecular formula is C10H12N2O2. The average Bonchev–Trinajstić information content (AvgIpc) is 2.10. The lowest BCUT2D eigenvalue weighted by molar-refractivity contribution is -0.135. The monoisotopic (exact) mass is 192 g/mol. The van der Waals surface area contributed by atoms with E-state index in [0.717, 1.165) is 5.56 Å². The van der Waals surface area contributed by atoms with Crippen molar-refractivity contribution in [1.82, 2.24) is 4.98 Å². The van der Waals surface area contributed by atoms with Gasteiger partial charge in [0.1, 0.15) is 5.82 Å². The first-order valence-electron chi connectivity index (χ1n) is 4.21. The number of nitrogen functional groups attached to an aromatic ring is 1. The van der Waals surface area contributed by atoms with Crippen molar-refractivity contribution in [1.29, 1.82) is 0 Å². The van der Waals surface area contributed by atoms with Gasteiger partial charge in [0.15, 0.2) is 0 Å². The quantitative estimate of drug-likeness (QED) is 0.760. The van der Waals surface area contributed by atoms with Crippen LogP contribution in [0.2, 0.25) is 0 Å². The van der Waals surface area contributed by atoms with E-state index in [2.05, 4.69) is 4.98 Å². The summed E-state index contributed by atoms with van der Waals surface area (Å²) in [6, 6.07) is 3.56. The minimum atomic E-state index is -0.859. The second-order valence-electron chi connectivity index (χ2n) is 2.94. The molecule has 4 heteroatoms. The number of carboxylic acids is 1. The Hall–Kier alpha value is -1.84. The third-order valence-electron chi connectivity index (χ3n) is 1.73. The normalized spacial score (nSPS) is 10.6. The van der Waals surface area contributed by atoms with E-state index >= 15 is 0 Å². The summed E-state index contributed by atoms with van der Waals surface area (Å²) < 4.78 is 0. The summed E-state index contributed by atoms with van der Waals surface area (Å²) in [4.78, 5) is 14.3. The molecule has 0 unspecified atom stereocenters. The number of hydrogen-bond acceptors (Lipinski definition) is 3. The van der Waals surface area contributed by atoms with Crippen molar-refractivity contribution in [2.24, 2.45) is 0 Å². The number of rotatable bonds is 3. The second-order valence-corrected chi connectivity index (χ2v) is 2.94. The van der Waals surface area contributed by atoms with E-state index in [1.54, 1.807) is 18.2 Å². The van der Waals surface area contributed by atoms with Crippen molar-refractivity contribution in [3.8, 4) is 0 Å². The van der Waals surface area contributed by atoms with Gasteiger partial charge in [-0.3, -0.25) is 4.79 Å². The highest BCUT2D eigenvalue weighted by Gasteiger charge is 1.96. The number of hydrogen-bond donors (Lipinski definition) is 2. The minimum Gasteiger partial charge on any atom is -0.481 e. The van der Waals surface area contributed by atoms with Gasteiger partial charge in [-0.2, -0.15) is 0 Å². The highest BCUT2D eigenvalue weighted by atomic mass is 16.4. The topological polar surface area (TPSA) is 76.2 Å². The zero-order valence-electron chi connectivity index (χ0n) is 7.90. The predicted octanol–water partition coefficient (Wildman–Crippen LogP) is 1.46. The first kappa shape index (κ1) is 10.2. The van der Waals surface area contributed by atoms with Gasteiger partial charge in [0.25, 0.3) is 0 Å². The van der Waals surface area contributed by atoms with Crippen molar-refractivity contribution in [2.75, 3.05) is 5.73 Å². The maximum absolute atomic E-state index is 10.2. The highest BCUT2D eigenvalue weighted by Crippen LogP contribution is 2.09. The smallest absolute Gasteiger partial charge is 0.307 e. The van der Waals surface area contributed by atoms with E-state index in [1.807, 2.05) is 13.0 Å². The lowest BCUT2D eigenvalue weighted by atomic mass is 10.2. The molecule has 0 saturated heterocycles. The fraction of sp³-hybridized carbons (Fsp3) is 0.200. The van der Waals surface area contributed by atoms with Gasteiger partial charge in [-0.15, -0.1) is 0 Å². The van der Waals surface area contributed by atoms with Gasteiger partial charge in [0.2, 0.25) is 0 Å². The molecule has 14 heavy (non-hydrogen) atoms. The fourth-order valence-corrected chi connectivity index (χ4v) is 1.00. The van der Waals surface area contributed by atoms with Crippen molar-refractivity contribution in [3.05, 3.63) is 29.5 Å². The Labute approximate surface area is 82.1 Å². The van der Waals surface area contributed by atoms with Crippen molar-refractivity contribution < 1.29 is 9.90 Å². The van der Waals surface area contributed by atoms with Gasteiger partial charge < -0.3 is 10.8 Å². The van der Waals surface area contributed by atoms with Crippen LogP contribution in [0.1, 0.15) is 17.7 Å². The predicted molar refractivity (Wildman–Crippen MR) is 54.7 cm³/mol. The molecule has 1 aromatic rings. The highest BCUT2D eigenvalue weighted by molar-refractivity contribution is 5.70. The van der Waals surface area contributed by atoms with Crippen LogP contribution in [0.15, 0.2) is 18.2 Å². The third-order valence-corrected chi connectivity index (χ3v) is 1.73. The fourth-order valence-electron chi connectivity index (χ4n) is 1.00. The first-order valence-corrected chi connectivity index (χ1v) is 4.21. The molecule has 0 atom stereocenters. The minimum absolute atomic E-state index is 0.00405. The molecular weight excluding hydrogens is 180 g/mol. The molecule has 0 fully saturated rings. The summed E-state index contributed by atoms with van der Waals surface area (Å²) in [5, 5.41) is 8.42. The van der Waals surface area contributed by atoms with Gasteiger partial charge in [0.05, 0.1) is 12.1 Å². The number of carboxylic acid groups (broad SMARTS) is 1. The standard InChI is InChI=1S/C10H12N2O2/c1-7-5-6-9(11)12-8(7)3-2-4-10(13)14/h2-3,5-6H,4H2,1H3,(H2,11,12)(H,13,14).